The highest BCUT2D eigenvalue weighted by Crippen LogP contribution is 2.39. The van der Waals surface area contributed by atoms with Gasteiger partial charge in [0.15, 0.2) is 30.3 Å². The maximum Gasteiger partial charge on any atom is 0.187 e. The minimum absolute atomic E-state index is 0.0414. The minimum atomic E-state index is -1.86. The Kier molecular flexibility index (Phi) is 39.7. The van der Waals surface area contributed by atoms with Crippen LogP contribution in [0.3, 0.4) is 0 Å². The molecule has 0 amide bonds. The molecule has 108 heavy (non-hydrogen) atoms. The van der Waals surface area contributed by atoms with Crippen molar-refractivity contribution in [1.82, 2.24) is 10.6 Å². The summed E-state index contributed by atoms with van der Waals surface area (Å²) in [5.74, 6) is 1.01. The standard InChI is InChI=1S/C64H114N2O37S5/c67-17-29-37(74)40(77)47(84)58(94-29)102-54-33(21-71)99-61(51(88)44(54)81)107-14-5-10-91-26-64(25-90-9-4-13-106-60-50(87)42(79)39(76)31(19-69)98-60,27-92-11-6-15-108-62-52(89)45(82)55(34(22-72)100-62)103-59-48(85)41(78)38(75)30(18-68)95-59)24-66-63(104)65-8-16-105-23-35-28-7-2-1-3-12-93-56-49(86)43(80)53(32(20-70)96-56)101-57(97-35)46(83)36(28)73/h28-62,67-89H,1-27H2,(H2,65,66,104)/t28?,29?,30?,31?,32?,33?,34?,35?,36-,37-,38-,39+,40-,41-,42-,43+,44+,45+,46?,47?,48?,49?,50?,51?,52?,53?,54+,55+,56-,57+,58-,59-,60+,61-,62-,64?/m0/s1. The molecule has 11 fully saturated rings. The van der Waals surface area contributed by atoms with Gasteiger partial charge < -0.3 is 194 Å². The average Bonchev–Trinajstić information content (AvgIpc) is 1.21. The number of rotatable bonds is 38. The summed E-state index contributed by atoms with van der Waals surface area (Å²) < 4.78 is 82.8. The van der Waals surface area contributed by atoms with Gasteiger partial charge in [-0.05, 0) is 61.6 Å². The third-order valence-corrected chi connectivity index (χ3v) is 25.1. The van der Waals surface area contributed by atoms with Crippen molar-refractivity contribution < 1.29 is 184 Å². The van der Waals surface area contributed by atoms with Crippen molar-refractivity contribution in [2.45, 2.75) is 251 Å². The van der Waals surface area contributed by atoms with Crippen LogP contribution in [-0.2, 0) is 66.3 Å². The molecule has 11 rings (SSSR count). The predicted octanol–water partition coefficient (Wildman–Crippen LogP) is -10.9. The molecule has 632 valence electrons. The summed E-state index contributed by atoms with van der Waals surface area (Å²) in [6.07, 6.45) is -43.7. The highest BCUT2D eigenvalue weighted by Gasteiger charge is 2.55. The number of aliphatic hydroxyl groups excluding tert-OH is 23. The fourth-order valence-electron chi connectivity index (χ4n) is 13.6. The smallest absolute Gasteiger partial charge is 0.187 e. The van der Waals surface area contributed by atoms with Crippen molar-refractivity contribution in [3.05, 3.63) is 0 Å². The van der Waals surface area contributed by atoms with Crippen LogP contribution in [0.25, 0.3) is 0 Å². The molecule has 0 spiro atoms. The zero-order valence-electron chi connectivity index (χ0n) is 59.3. The molecule has 11 aliphatic heterocycles. The first kappa shape index (κ1) is 93.1. The number of hydrogen-bond acceptors (Lipinski definition) is 42. The molecule has 11 heterocycles. The van der Waals surface area contributed by atoms with E-state index in [0.29, 0.717) is 68.7 Å². The molecule has 0 saturated carbocycles. The van der Waals surface area contributed by atoms with Gasteiger partial charge in [0.2, 0.25) is 0 Å². The summed E-state index contributed by atoms with van der Waals surface area (Å²) in [5.41, 5.74) is -4.35. The van der Waals surface area contributed by atoms with Gasteiger partial charge in [0.25, 0.3) is 0 Å². The fourth-order valence-corrected chi connectivity index (χ4v) is 18.0. The first-order valence-corrected chi connectivity index (χ1v) is 41.0. The van der Waals surface area contributed by atoms with E-state index in [0.717, 1.165) is 35.3 Å². The first-order chi connectivity index (χ1) is 51.8. The first-order valence-electron chi connectivity index (χ1n) is 36.3. The summed E-state index contributed by atoms with van der Waals surface area (Å²) >= 11 is 10.6. The maximum atomic E-state index is 11.5. The highest BCUT2D eigenvalue weighted by atomic mass is 32.2. The number of thioether (sulfide) groups is 4. The molecule has 4 bridgehead atoms. The van der Waals surface area contributed by atoms with Gasteiger partial charge in [0.05, 0.1) is 77.1 Å². The van der Waals surface area contributed by atoms with E-state index in [1.807, 2.05) is 0 Å². The van der Waals surface area contributed by atoms with Crippen LogP contribution >= 0.6 is 59.3 Å². The Labute approximate surface area is 645 Å². The van der Waals surface area contributed by atoms with Gasteiger partial charge in [-0.2, -0.15) is 11.8 Å². The van der Waals surface area contributed by atoms with E-state index in [-0.39, 0.29) is 69.4 Å². The summed E-state index contributed by atoms with van der Waals surface area (Å²) in [6.45, 7) is -3.64. The van der Waals surface area contributed by atoms with Crippen LogP contribution in [0.4, 0.5) is 0 Å². The number of aliphatic hydroxyl groups is 23. The molecule has 16 unspecified atom stereocenters. The summed E-state index contributed by atoms with van der Waals surface area (Å²) in [4.78, 5) is 0. The average molecular weight is 1660 g/mol. The van der Waals surface area contributed by atoms with E-state index in [9.17, 15) is 117 Å². The van der Waals surface area contributed by atoms with Gasteiger partial charge in [0, 0.05) is 56.9 Å². The second-order valence-electron chi connectivity index (χ2n) is 27.9. The van der Waals surface area contributed by atoms with Crippen LogP contribution in [0.1, 0.15) is 44.9 Å². The van der Waals surface area contributed by atoms with Gasteiger partial charge in [-0.1, -0.05) is 12.8 Å². The van der Waals surface area contributed by atoms with Crippen molar-refractivity contribution in [2.75, 3.05) is 128 Å². The predicted molar refractivity (Wildman–Crippen MR) is 380 cm³/mol. The highest BCUT2D eigenvalue weighted by molar-refractivity contribution is 8.00. The van der Waals surface area contributed by atoms with Gasteiger partial charge in [0.1, 0.15) is 169 Å². The van der Waals surface area contributed by atoms with E-state index in [1.54, 1.807) is 0 Å². The zero-order chi connectivity index (χ0) is 78.5. The lowest BCUT2D eigenvalue weighted by atomic mass is 9.85. The number of thiocarbonyl (C=S) groups is 1. The number of ether oxygens (including phenoxy) is 14. The van der Waals surface area contributed by atoms with Crippen molar-refractivity contribution in [2.24, 2.45) is 11.3 Å². The summed E-state index contributed by atoms with van der Waals surface area (Å²) in [7, 11) is 0. The second-order valence-corrected chi connectivity index (χ2v) is 33.1. The molecule has 0 radical (unpaired) electrons. The Balaban J connectivity index is 0.910. The van der Waals surface area contributed by atoms with Crippen LogP contribution in [0.5, 0.6) is 0 Å². The van der Waals surface area contributed by atoms with Crippen LogP contribution in [-0.4, -0.2) is 457 Å². The molecule has 11 saturated heterocycles. The van der Waals surface area contributed by atoms with E-state index in [4.69, 9.17) is 78.5 Å². The Morgan fingerprint density at radius 2 is 0.815 bits per heavy atom. The van der Waals surface area contributed by atoms with Gasteiger partial charge in [-0.25, -0.2) is 0 Å². The van der Waals surface area contributed by atoms with Crippen LogP contribution in [0.2, 0.25) is 0 Å². The van der Waals surface area contributed by atoms with E-state index in [1.165, 1.54) is 11.8 Å². The third-order valence-electron chi connectivity index (χ3n) is 20.0. The largest absolute Gasteiger partial charge is 0.394 e. The second kappa shape index (κ2) is 46.1. The van der Waals surface area contributed by atoms with Gasteiger partial charge in [-0.15, -0.1) is 35.3 Å². The summed E-state index contributed by atoms with van der Waals surface area (Å²) in [6, 6.07) is 0. The lowest BCUT2D eigenvalue weighted by Crippen LogP contribution is -2.64. The molecule has 0 aromatic heterocycles. The third kappa shape index (κ3) is 24.6. The lowest BCUT2D eigenvalue weighted by molar-refractivity contribution is -0.353. The zero-order valence-corrected chi connectivity index (χ0v) is 63.4. The van der Waals surface area contributed by atoms with Crippen LogP contribution in [0, 0.1) is 11.3 Å². The molecule has 0 aromatic carbocycles. The maximum absolute atomic E-state index is 11.5. The molecule has 35 atom stereocenters. The molecule has 44 heteroatoms. The Hall–Kier alpha value is -0.390. The van der Waals surface area contributed by atoms with Crippen molar-refractivity contribution in [1.29, 1.82) is 0 Å². The number of nitrogens with one attached hydrogen (secondary N) is 2. The van der Waals surface area contributed by atoms with Crippen LogP contribution < -0.4 is 10.6 Å². The van der Waals surface area contributed by atoms with Gasteiger partial charge >= 0.3 is 0 Å². The SMILES string of the molecule is OCC1O[C@@H]2OCCCCCC3C(CSCCNC(=S)NCC(COCCCS[C@H]4OC(CO)[C@@H](O)[C@H](O)C4O)(COCCCS[C@@H]4OC(CO)[C@@H](O[C@@H]5OC(CO)[C@H](O)[C@H](O)C5O)[C@H](O)C4O)COCCCS[C@@H]4OC(CO)[C@@H](O[C@@H]5OC(CO)[C@H](O)[C@H](O)C5O)[C@H](O)C4O)O[C@H](OC1[C@H](O)C2O)C(O)[C@H]3O. The molecule has 0 aromatic rings. The number of hydrogen-bond donors (Lipinski definition) is 25. The minimum Gasteiger partial charge on any atom is -0.394 e. The van der Waals surface area contributed by atoms with Crippen molar-refractivity contribution >= 4 is 64.4 Å². The van der Waals surface area contributed by atoms with Gasteiger partial charge in [-0.3, -0.25) is 0 Å². The molecular formula is C64H114N2O37S5. The van der Waals surface area contributed by atoms with E-state index < -0.39 is 257 Å². The molecule has 39 nitrogen and oxygen atoms in total. The topological polar surface area (TPSA) is 619 Å². The summed E-state index contributed by atoms with van der Waals surface area (Å²) in [5, 5.41) is 250. The van der Waals surface area contributed by atoms with E-state index >= 15 is 0 Å². The fraction of sp³-hybridized carbons (Fsp3) is 0.984. The quantitative estimate of drug-likeness (QED) is 0.0202. The Morgan fingerprint density at radius 3 is 1.29 bits per heavy atom. The lowest BCUT2D eigenvalue weighted by Gasteiger charge is -2.47. The normalized spacial score (nSPS) is 43.4. The van der Waals surface area contributed by atoms with Crippen LogP contribution in [0.15, 0.2) is 0 Å². The van der Waals surface area contributed by atoms with E-state index in [2.05, 4.69) is 10.6 Å². The molecule has 0 aliphatic carbocycles. The van der Waals surface area contributed by atoms with Crippen molar-refractivity contribution in [3.63, 3.8) is 0 Å². The Morgan fingerprint density at radius 1 is 0.389 bits per heavy atom. The molecule has 11 aliphatic rings. The van der Waals surface area contributed by atoms with Crippen molar-refractivity contribution in [3.8, 4) is 0 Å². The molecule has 25 N–H and O–H groups in total. The monoisotopic (exact) mass is 1660 g/mol. The Bertz CT molecular complexity index is 2450. The molecular weight excluding hydrogens is 1550 g/mol.